The molecule has 2 aromatic heterocycles. The highest BCUT2D eigenvalue weighted by Crippen LogP contribution is 2.27. The number of benzene rings is 2. The fourth-order valence-electron chi connectivity index (χ4n) is 3.42. The Morgan fingerprint density at radius 3 is 2.52 bits per heavy atom. The van der Waals surface area contributed by atoms with Gasteiger partial charge < -0.3 is 9.67 Å². The molecule has 162 valence electrons. The summed E-state index contributed by atoms with van der Waals surface area (Å²) in [6.07, 6.45) is 0. The number of carbonyl (C=O) groups is 1. The predicted octanol–water partition coefficient (Wildman–Crippen LogP) is 1.92. The standard InChI is InChI=1S/C22H14N6O5/c1-26-17-5-3-2-4-15(17)19(29)18(22(26)31)20(30)16-10-12(11-23)21(24)27(25-16)13-6-8-14(9-7-13)28(32)33/h2-10,24,29H,1H3. The third kappa shape index (κ3) is 3.41. The average Bonchev–Trinajstić information content (AvgIpc) is 2.83. The molecule has 0 radical (unpaired) electrons. The first-order valence-electron chi connectivity index (χ1n) is 9.44. The lowest BCUT2D eigenvalue weighted by atomic mass is 10.0. The van der Waals surface area contributed by atoms with Crippen LogP contribution in [-0.2, 0) is 7.05 Å². The maximum absolute atomic E-state index is 13.3. The fraction of sp³-hybridized carbons (Fsp3) is 0.0455. The summed E-state index contributed by atoms with van der Waals surface area (Å²) in [6.45, 7) is 0. The second-order valence-electron chi connectivity index (χ2n) is 7.02. The number of nitrogens with zero attached hydrogens (tertiary/aromatic N) is 5. The molecule has 0 aliphatic carbocycles. The molecule has 0 saturated carbocycles. The largest absolute Gasteiger partial charge is 0.506 e. The van der Waals surface area contributed by atoms with Gasteiger partial charge in [-0.1, -0.05) is 12.1 Å². The van der Waals surface area contributed by atoms with E-state index in [1.54, 1.807) is 30.3 Å². The molecule has 0 fully saturated rings. The van der Waals surface area contributed by atoms with E-state index in [-0.39, 0.29) is 33.5 Å². The van der Waals surface area contributed by atoms with Crippen molar-refractivity contribution in [1.29, 1.82) is 10.7 Å². The number of nitrogens with one attached hydrogen (secondary N) is 1. The first kappa shape index (κ1) is 21.1. The summed E-state index contributed by atoms with van der Waals surface area (Å²) >= 11 is 0. The molecule has 4 aromatic rings. The Kier molecular flexibility index (Phi) is 5.03. The van der Waals surface area contributed by atoms with E-state index < -0.39 is 27.6 Å². The SMILES string of the molecule is Cn1c(=O)c(C(=O)c2cc(C#N)c(=N)n(-c3ccc([N+](=O)[O-])cc3)n2)c(O)c2ccccc21. The van der Waals surface area contributed by atoms with Gasteiger partial charge in [-0.05, 0) is 30.3 Å². The molecule has 2 heterocycles. The van der Waals surface area contributed by atoms with Crippen LogP contribution >= 0.6 is 0 Å². The summed E-state index contributed by atoms with van der Waals surface area (Å²) in [7, 11) is 1.46. The molecule has 33 heavy (non-hydrogen) atoms. The molecule has 0 bridgehead atoms. The van der Waals surface area contributed by atoms with E-state index >= 15 is 0 Å². The number of pyridine rings is 1. The molecule has 4 rings (SSSR count). The normalized spacial score (nSPS) is 10.7. The molecule has 0 spiro atoms. The Balaban J connectivity index is 1.94. The van der Waals surface area contributed by atoms with Crippen molar-refractivity contribution in [2.24, 2.45) is 7.05 Å². The van der Waals surface area contributed by atoms with Gasteiger partial charge in [-0.15, -0.1) is 0 Å². The highest BCUT2D eigenvalue weighted by molar-refractivity contribution is 6.11. The quantitative estimate of drug-likeness (QED) is 0.276. The van der Waals surface area contributed by atoms with Gasteiger partial charge >= 0.3 is 0 Å². The van der Waals surface area contributed by atoms with Gasteiger partial charge in [-0.3, -0.25) is 25.1 Å². The Labute approximate surface area is 184 Å². The van der Waals surface area contributed by atoms with E-state index in [1.807, 2.05) is 0 Å². The molecule has 11 heteroatoms. The summed E-state index contributed by atoms with van der Waals surface area (Å²) in [5.41, 5.74) is -1.81. The summed E-state index contributed by atoms with van der Waals surface area (Å²) in [5, 5.41) is 43.6. The van der Waals surface area contributed by atoms with Gasteiger partial charge in [-0.25, -0.2) is 4.68 Å². The summed E-state index contributed by atoms with van der Waals surface area (Å²) in [6, 6.07) is 14.4. The zero-order valence-corrected chi connectivity index (χ0v) is 17.0. The van der Waals surface area contributed by atoms with Crippen LogP contribution in [0.4, 0.5) is 5.69 Å². The third-order valence-electron chi connectivity index (χ3n) is 5.12. The minimum atomic E-state index is -0.939. The molecule has 0 unspecified atom stereocenters. The van der Waals surface area contributed by atoms with Crippen molar-refractivity contribution in [1.82, 2.24) is 14.3 Å². The van der Waals surface area contributed by atoms with Crippen molar-refractivity contribution in [3.63, 3.8) is 0 Å². The van der Waals surface area contributed by atoms with E-state index in [0.717, 1.165) is 10.7 Å². The number of rotatable bonds is 4. The van der Waals surface area contributed by atoms with Gasteiger partial charge in [0.15, 0.2) is 5.49 Å². The number of nitriles is 1. The average molecular weight is 442 g/mol. The fourth-order valence-corrected chi connectivity index (χ4v) is 3.42. The highest BCUT2D eigenvalue weighted by Gasteiger charge is 2.25. The minimum Gasteiger partial charge on any atom is -0.506 e. The van der Waals surface area contributed by atoms with Gasteiger partial charge in [0, 0.05) is 24.6 Å². The number of fused-ring (bicyclic) bond motifs is 1. The Morgan fingerprint density at radius 2 is 1.88 bits per heavy atom. The number of ketones is 1. The summed E-state index contributed by atoms with van der Waals surface area (Å²) in [4.78, 5) is 36.5. The zero-order chi connectivity index (χ0) is 23.9. The van der Waals surface area contributed by atoms with Crippen LogP contribution in [0, 0.1) is 26.9 Å². The molecule has 0 atom stereocenters. The van der Waals surface area contributed by atoms with Gasteiger partial charge in [0.1, 0.15) is 23.1 Å². The maximum Gasteiger partial charge on any atom is 0.269 e. The smallest absolute Gasteiger partial charge is 0.269 e. The van der Waals surface area contributed by atoms with Gasteiger partial charge in [0.2, 0.25) is 5.78 Å². The predicted molar refractivity (Wildman–Crippen MR) is 115 cm³/mol. The molecule has 0 aliphatic rings. The van der Waals surface area contributed by atoms with Crippen LogP contribution in [0.2, 0.25) is 0 Å². The lowest BCUT2D eigenvalue weighted by Gasteiger charge is -2.12. The van der Waals surface area contributed by atoms with Crippen LogP contribution in [0.5, 0.6) is 5.75 Å². The number of hydrogen-bond donors (Lipinski definition) is 2. The number of para-hydroxylation sites is 1. The minimum absolute atomic E-state index is 0.187. The van der Waals surface area contributed by atoms with E-state index in [4.69, 9.17) is 5.41 Å². The van der Waals surface area contributed by atoms with Crippen LogP contribution < -0.4 is 11.0 Å². The van der Waals surface area contributed by atoms with E-state index in [9.17, 15) is 30.1 Å². The first-order valence-corrected chi connectivity index (χ1v) is 9.44. The Hall–Kier alpha value is -5.11. The van der Waals surface area contributed by atoms with Gasteiger partial charge in [0.05, 0.1) is 21.7 Å². The van der Waals surface area contributed by atoms with E-state index in [0.29, 0.717) is 5.52 Å². The number of nitro benzene ring substituents is 1. The molecule has 0 saturated heterocycles. The lowest BCUT2D eigenvalue weighted by Crippen LogP contribution is -2.29. The number of aryl methyl sites for hydroxylation is 1. The number of aromatic nitrogens is 3. The van der Waals surface area contributed by atoms with Crippen molar-refractivity contribution < 1.29 is 14.8 Å². The van der Waals surface area contributed by atoms with Crippen LogP contribution in [0.15, 0.2) is 59.4 Å². The molecule has 2 aromatic carbocycles. The van der Waals surface area contributed by atoms with Crippen LogP contribution in [0.1, 0.15) is 21.6 Å². The molecule has 11 nitrogen and oxygen atoms in total. The van der Waals surface area contributed by atoms with E-state index in [2.05, 4.69) is 5.10 Å². The molecule has 0 amide bonds. The number of nitro groups is 1. The van der Waals surface area contributed by atoms with E-state index in [1.165, 1.54) is 35.9 Å². The van der Waals surface area contributed by atoms with Gasteiger partial charge in [0.25, 0.3) is 11.2 Å². The monoisotopic (exact) mass is 442 g/mol. The molecule has 0 aliphatic heterocycles. The topological polar surface area (TPSA) is 168 Å². The maximum atomic E-state index is 13.3. The van der Waals surface area contributed by atoms with Crippen molar-refractivity contribution in [3.8, 4) is 17.5 Å². The Morgan fingerprint density at radius 1 is 1.21 bits per heavy atom. The highest BCUT2D eigenvalue weighted by atomic mass is 16.6. The third-order valence-corrected chi connectivity index (χ3v) is 5.12. The van der Waals surface area contributed by atoms with Crippen molar-refractivity contribution in [2.45, 2.75) is 0 Å². The van der Waals surface area contributed by atoms with Crippen molar-refractivity contribution in [3.05, 3.63) is 97.4 Å². The molecular formula is C22H14N6O5. The molecular weight excluding hydrogens is 428 g/mol. The van der Waals surface area contributed by atoms with Crippen molar-refractivity contribution >= 4 is 22.4 Å². The number of aromatic hydroxyl groups is 1. The van der Waals surface area contributed by atoms with Crippen LogP contribution in [0.25, 0.3) is 16.6 Å². The first-order chi connectivity index (χ1) is 15.7. The molecule has 2 N–H and O–H groups in total. The Bertz CT molecular complexity index is 1630. The zero-order valence-electron chi connectivity index (χ0n) is 17.0. The lowest BCUT2D eigenvalue weighted by molar-refractivity contribution is -0.384. The number of non-ortho nitro benzene ring substituents is 1. The van der Waals surface area contributed by atoms with Crippen LogP contribution in [-0.4, -0.2) is 30.2 Å². The second-order valence-corrected chi connectivity index (χ2v) is 7.02. The van der Waals surface area contributed by atoms with Crippen LogP contribution in [0.3, 0.4) is 0 Å². The van der Waals surface area contributed by atoms with Gasteiger partial charge in [-0.2, -0.15) is 10.4 Å². The van der Waals surface area contributed by atoms with Crippen molar-refractivity contribution in [2.75, 3.05) is 0 Å². The second kappa shape index (κ2) is 7.86. The number of carbonyl (C=O) groups excluding carboxylic acids is 1. The summed E-state index contributed by atoms with van der Waals surface area (Å²) < 4.78 is 2.18. The number of hydrogen-bond acceptors (Lipinski definition) is 8. The summed E-state index contributed by atoms with van der Waals surface area (Å²) in [5.74, 6) is -1.46.